The molecule has 0 atom stereocenters. The van der Waals surface area contributed by atoms with E-state index < -0.39 is 11.7 Å². The molecule has 0 aromatic carbocycles. The quantitative estimate of drug-likeness (QED) is 0.934. The van der Waals surface area contributed by atoms with E-state index in [1.165, 1.54) is 0 Å². The molecule has 0 fully saturated rings. The first kappa shape index (κ1) is 14.0. The number of ether oxygens (including phenoxy) is 1. The molecule has 0 unspecified atom stereocenters. The van der Waals surface area contributed by atoms with Gasteiger partial charge in [-0.1, -0.05) is 0 Å². The van der Waals surface area contributed by atoms with Crippen LogP contribution < -0.4 is 5.32 Å². The second-order valence-corrected chi connectivity index (χ2v) is 5.46. The lowest BCUT2D eigenvalue weighted by Crippen LogP contribution is -2.33. The molecule has 17 heavy (non-hydrogen) atoms. The third-order valence-electron chi connectivity index (χ3n) is 1.86. The molecule has 1 heterocycles. The Morgan fingerprint density at radius 2 is 2.24 bits per heavy atom. The maximum Gasteiger partial charge on any atom is 0.407 e. The zero-order valence-electron chi connectivity index (χ0n) is 10.3. The summed E-state index contributed by atoms with van der Waals surface area (Å²) < 4.78 is 6.07. The van der Waals surface area contributed by atoms with Gasteiger partial charge in [-0.2, -0.15) is 0 Å². The van der Waals surface area contributed by atoms with E-state index in [2.05, 4.69) is 26.2 Å². The number of hydrogen-bond donors (Lipinski definition) is 1. The molecule has 0 radical (unpaired) electrons. The number of amides is 1. The third-order valence-corrected chi connectivity index (χ3v) is 2.59. The first-order chi connectivity index (χ1) is 7.88. The minimum atomic E-state index is -0.463. The lowest BCUT2D eigenvalue weighted by atomic mass is 10.2. The molecule has 4 nitrogen and oxygen atoms in total. The summed E-state index contributed by atoms with van der Waals surface area (Å²) in [5.74, 6) is 0. The van der Waals surface area contributed by atoms with Gasteiger partial charge in [0.2, 0.25) is 0 Å². The van der Waals surface area contributed by atoms with E-state index in [-0.39, 0.29) is 0 Å². The number of hydrogen-bond acceptors (Lipinski definition) is 3. The number of carbonyl (C=O) groups excluding carboxylic acids is 1. The first-order valence-electron chi connectivity index (χ1n) is 5.45. The summed E-state index contributed by atoms with van der Waals surface area (Å²) in [5, 5.41) is 2.69. The number of halogens is 1. The fourth-order valence-electron chi connectivity index (χ4n) is 1.20. The van der Waals surface area contributed by atoms with Gasteiger partial charge < -0.3 is 10.1 Å². The zero-order chi connectivity index (χ0) is 12.9. The Labute approximate surface area is 110 Å². The molecule has 1 N–H and O–H groups in total. The summed E-state index contributed by atoms with van der Waals surface area (Å²) in [6.45, 7) is 6.01. The molecule has 1 aromatic heterocycles. The molecule has 0 saturated heterocycles. The molecule has 94 valence electrons. The van der Waals surface area contributed by atoms with Crippen LogP contribution in [0.2, 0.25) is 0 Å². The Bertz CT molecular complexity index is 388. The van der Waals surface area contributed by atoms with Gasteiger partial charge in [-0.25, -0.2) is 4.79 Å². The van der Waals surface area contributed by atoms with E-state index >= 15 is 0 Å². The highest BCUT2D eigenvalue weighted by molar-refractivity contribution is 9.10. The van der Waals surface area contributed by atoms with Gasteiger partial charge in [0.25, 0.3) is 0 Å². The normalized spacial score (nSPS) is 11.1. The van der Waals surface area contributed by atoms with Crippen molar-refractivity contribution in [2.24, 2.45) is 0 Å². The Hall–Kier alpha value is -1.10. The van der Waals surface area contributed by atoms with E-state index in [0.29, 0.717) is 13.0 Å². The Balaban J connectivity index is 2.34. The van der Waals surface area contributed by atoms with Crippen LogP contribution >= 0.6 is 15.9 Å². The van der Waals surface area contributed by atoms with E-state index in [9.17, 15) is 4.79 Å². The molecular formula is C12H17BrN2O2. The molecule has 0 aliphatic rings. The molecule has 1 rings (SSSR count). The monoisotopic (exact) mass is 300 g/mol. The van der Waals surface area contributed by atoms with Crippen LogP contribution in [0.5, 0.6) is 0 Å². The Morgan fingerprint density at radius 3 is 2.82 bits per heavy atom. The number of rotatable bonds is 3. The number of pyridine rings is 1. The van der Waals surface area contributed by atoms with Crippen molar-refractivity contribution in [1.82, 2.24) is 10.3 Å². The van der Waals surface area contributed by atoms with Gasteiger partial charge >= 0.3 is 6.09 Å². The SMILES string of the molecule is CC(C)(C)OC(=O)NCCc1ncccc1Br. The Morgan fingerprint density at radius 1 is 1.53 bits per heavy atom. The van der Waals surface area contributed by atoms with Crippen molar-refractivity contribution >= 4 is 22.0 Å². The van der Waals surface area contributed by atoms with Crippen molar-refractivity contribution in [3.05, 3.63) is 28.5 Å². The van der Waals surface area contributed by atoms with Crippen LogP contribution in [0.25, 0.3) is 0 Å². The third kappa shape index (κ3) is 5.68. The molecule has 0 spiro atoms. The molecule has 1 aromatic rings. The molecule has 0 bridgehead atoms. The fourth-order valence-corrected chi connectivity index (χ4v) is 1.65. The average molecular weight is 301 g/mol. The van der Waals surface area contributed by atoms with Crippen LogP contribution in [0.4, 0.5) is 4.79 Å². The maximum atomic E-state index is 11.4. The maximum absolute atomic E-state index is 11.4. The largest absolute Gasteiger partial charge is 0.444 e. The van der Waals surface area contributed by atoms with Crippen molar-refractivity contribution in [3.8, 4) is 0 Å². The van der Waals surface area contributed by atoms with Gasteiger partial charge in [0.1, 0.15) is 5.60 Å². The summed E-state index contributed by atoms with van der Waals surface area (Å²) in [6, 6.07) is 3.78. The molecule has 5 heteroatoms. The average Bonchev–Trinajstić information content (AvgIpc) is 2.18. The van der Waals surface area contributed by atoms with Crippen LogP contribution in [0, 0.1) is 0 Å². The number of aromatic nitrogens is 1. The van der Waals surface area contributed by atoms with E-state index in [1.54, 1.807) is 6.20 Å². The number of nitrogens with zero attached hydrogens (tertiary/aromatic N) is 1. The summed E-state index contributed by atoms with van der Waals surface area (Å²) in [7, 11) is 0. The highest BCUT2D eigenvalue weighted by Crippen LogP contribution is 2.13. The summed E-state index contributed by atoms with van der Waals surface area (Å²) >= 11 is 3.41. The highest BCUT2D eigenvalue weighted by atomic mass is 79.9. The Kier molecular flexibility index (Phi) is 4.93. The molecule has 0 aliphatic carbocycles. The van der Waals surface area contributed by atoms with Crippen LogP contribution in [0.1, 0.15) is 26.5 Å². The van der Waals surface area contributed by atoms with E-state index in [1.807, 2.05) is 32.9 Å². The first-order valence-corrected chi connectivity index (χ1v) is 6.24. The number of carbonyl (C=O) groups is 1. The number of nitrogens with one attached hydrogen (secondary N) is 1. The topological polar surface area (TPSA) is 51.2 Å². The lowest BCUT2D eigenvalue weighted by Gasteiger charge is -2.19. The second kappa shape index (κ2) is 6.00. The van der Waals surface area contributed by atoms with Gasteiger partial charge in [0, 0.05) is 23.6 Å². The van der Waals surface area contributed by atoms with Crippen molar-refractivity contribution < 1.29 is 9.53 Å². The van der Waals surface area contributed by atoms with E-state index in [4.69, 9.17) is 4.74 Å². The van der Waals surface area contributed by atoms with Crippen LogP contribution in [0.15, 0.2) is 22.8 Å². The standard InChI is InChI=1S/C12H17BrN2O2/c1-12(2,3)17-11(16)15-8-6-10-9(13)5-4-7-14-10/h4-5,7H,6,8H2,1-3H3,(H,15,16). The van der Waals surface area contributed by atoms with Crippen molar-refractivity contribution in [1.29, 1.82) is 0 Å². The van der Waals surface area contributed by atoms with Crippen molar-refractivity contribution in [3.63, 3.8) is 0 Å². The predicted octanol–water partition coefficient (Wildman–Crippen LogP) is 2.91. The van der Waals surface area contributed by atoms with Crippen molar-refractivity contribution in [2.75, 3.05) is 6.54 Å². The minimum absolute atomic E-state index is 0.399. The summed E-state index contributed by atoms with van der Waals surface area (Å²) in [5.41, 5.74) is 0.457. The molecular weight excluding hydrogens is 284 g/mol. The van der Waals surface area contributed by atoms with Gasteiger partial charge in [-0.15, -0.1) is 0 Å². The second-order valence-electron chi connectivity index (χ2n) is 4.61. The van der Waals surface area contributed by atoms with Crippen molar-refractivity contribution in [2.45, 2.75) is 32.8 Å². The molecule has 0 aliphatic heterocycles. The fraction of sp³-hybridized carbons (Fsp3) is 0.500. The van der Waals surface area contributed by atoms with Crippen LogP contribution in [-0.2, 0) is 11.2 Å². The number of alkyl carbamates (subject to hydrolysis) is 1. The molecule has 1 amide bonds. The lowest BCUT2D eigenvalue weighted by molar-refractivity contribution is 0.0528. The van der Waals surface area contributed by atoms with Gasteiger partial charge in [-0.3, -0.25) is 4.98 Å². The summed E-state index contributed by atoms with van der Waals surface area (Å²) in [4.78, 5) is 15.6. The van der Waals surface area contributed by atoms with Crippen LogP contribution in [-0.4, -0.2) is 23.2 Å². The van der Waals surface area contributed by atoms with Gasteiger partial charge in [0.15, 0.2) is 0 Å². The van der Waals surface area contributed by atoms with Gasteiger partial charge in [-0.05, 0) is 48.8 Å². The smallest absolute Gasteiger partial charge is 0.407 e. The van der Waals surface area contributed by atoms with Crippen LogP contribution in [0.3, 0.4) is 0 Å². The molecule has 0 saturated carbocycles. The zero-order valence-corrected chi connectivity index (χ0v) is 11.9. The summed E-state index contributed by atoms with van der Waals surface area (Å²) in [6.07, 6.45) is 2.00. The van der Waals surface area contributed by atoms with E-state index in [0.717, 1.165) is 10.2 Å². The minimum Gasteiger partial charge on any atom is -0.444 e. The highest BCUT2D eigenvalue weighted by Gasteiger charge is 2.15. The van der Waals surface area contributed by atoms with Gasteiger partial charge in [0.05, 0.1) is 5.69 Å². The predicted molar refractivity (Wildman–Crippen MR) is 69.9 cm³/mol.